The summed E-state index contributed by atoms with van der Waals surface area (Å²) in [5, 5.41) is 10.9. The van der Waals surface area contributed by atoms with E-state index in [2.05, 4.69) is 16.9 Å². The van der Waals surface area contributed by atoms with Gasteiger partial charge in [-0.05, 0) is 32.9 Å². The van der Waals surface area contributed by atoms with Crippen molar-refractivity contribution in [3.8, 4) is 5.75 Å². The van der Waals surface area contributed by atoms with E-state index < -0.39 is 23.5 Å². The minimum atomic E-state index is -0.770. The van der Waals surface area contributed by atoms with Gasteiger partial charge in [-0.1, -0.05) is 24.8 Å². The Labute approximate surface area is 186 Å². The number of aromatic nitrogens is 1. The average molecular weight is 442 g/mol. The molecule has 10 heteroatoms. The van der Waals surface area contributed by atoms with Crippen molar-refractivity contribution in [1.29, 1.82) is 5.41 Å². The van der Waals surface area contributed by atoms with Crippen LogP contribution in [0.25, 0.3) is 0 Å². The Morgan fingerprint density at radius 1 is 1.28 bits per heavy atom. The molecule has 10 nitrogen and oxygen atoms in total. The third-order valence-electron chi connectivity index (χ3n) is 3.71. The Morgan fingerprint density at radius 2 is 2.03 bits per heavy atom. The van der Waals surface area contributed by atoms with E-state index >= 15 is 0 Å². The van der Waals surface area contributed by atoms with Gasteiger partial charge in [-0.25, -0.2) is 4.79 Å². The lowest BCUT2D eigenvalue weighted by Crippen LogP contribution is -2.38. The van der Waals surface area contributed by atoms with Gasteiger partial charge in [0.25, 0.3) is 11.8 Å². The number of nitrogens with zero attached hydrogens (tertiary/aromatic N) is 2. The summed E-state index contributed by atoms with van der Waals surface area (Å²) in [6.45, 7) is 8.67. The Hall–Kier alpha value is -3.79. The van der Waals surface area contributed by atoms with E-state index in [1.807, 2.05) is 0 Å². The zero-order chi connectivity index (χ0) is 23.7. The molecule has 1 aromatic rings. The largest absolute Gasteiger partial charge is 0.491 e. The van der Waals surface area contributed by atoms with Gasteiger partial charge in [-0.15, -0.1) is 5.06 Å². The summed E-state index contributed by atoms with van der Waals surface area (Å²) in [6.07, 6.45) is 7.02. The summed E-state index contributed by atoms with van der Waals surface area (Å²) in [4.78, 5) is 45.6. The van der Waals surface area contributed by atoms with Crippen molar-refractivity contribution in [3.63, 3.8) is 0 Å². The predicted molar refractivity (Wildman–Crippen MR) is 116 cm³/mol. The monoisotopic (exact) mass is 442 g/mol. The van der Waals surface area contributed by atoms with Crippen LogP contribution < -0.4 is 10.1 Å². The van der Waals surface area contributed by atoms with Crippen LogP contribution in [0.3, 0.4) is 0 Å². The van der Waals surface area contributed by atoms with Gasteiger partial charge < -0.3 is 9.47 Å². The highest BCUT2D eigenvalue weighted by Gasteiger charge is 2.24. The van der Waals surface area contributed by atoms with Crippen LogP contribution in [0.2, 0.25) is 0 Å². The molecule has 1 aliphatic heterocycles. The minimum Gasteiger partial charge on any atom is -0.491 e. The number of amides is 3. The number of hydrogen-bond donors (Lipinski definition) is 2. The first-order valence-corrected chi connectivity index (χ1v) is 9.77. The zero-order valence-electron chi connectivity index (χ0n) is 18.2. The lowest BCUT2D eigenvalue weighted by Gasteiger charge is -2.20. The molecular weight excluding hydrogens is 416 g/mol. The standard InChI is InChI=1S/C22H26N4O6/c1-15-8-6-5-7-9-18(27)26(20(15)28)31-13-12-30-16-10-11-24-17(14-16)19(23)25-21(29)32-22(2,3)4/h5-8,10-11,14H,1,9,12-13H2,2-4H3,(H2,23,25,29)/b7-5-,8-6-. The van der Waals surface area contributed by atoms with Crippen molar-refractivity contribution in [2.24, 2.45) is 0 Å². The summed E-state index contributed by atoms with van der Waals surface area (Å²) >= 11 is 0. The maximum Gasteiger partial charge on any atom is 0.413 e. The lowest BCUT2D eigenvalue weighted by molar-refractivity contribution is -0.193. The van der Waals surface area contributed by atoms with E-state index in [4.69, 9.17) is 19.7 Å². The van der Waals surface area contributed by atoms with E-state index in [0.717, 1.165) is 0 Å². The first-order chi connectivity index (χ1) is 15.1. The molecule has 2 N–H and O–H groups in total. The highest BCUT2D eigenvalue weighted by Crippen LogP contribution is 2.13. The Kier molecular flexibility index (Phi) is 8.42. The van der Waals surface area contributed by atoms with Crippen LogP contribution in [0.5, 0.6) is 5.75 Å². The van der Waals surface area contributed by atoms with Gasteiger partial charge in [0.05, 0.1) is 0 Å². The summed E-state index contributed by atoms with van der Waals surface area (Å²) in [5.41, 5.74) is -0.425. The third kappa shape index (κ3) is 7.80. The number of pyridine rings is 1. The lowest BCUT2D eigenvalue weighted by atomic mass is 10.2. The highest BCUT2D eigenvalue weighted by atomic mass is 16.7. The molecule has 2 rings (SSSR count). The second-order valence-electron chi connectivity index (χ2n) is 7.57. The molecule has 32 heavy (non-hydrogen) atoms. The van der Waals surface area contributed by atoms with E-state index in [1.54, 1.807) is 45.1 Å². The molecule has 2 heterocycles. The second kappa shape index (κ2) is 11.0. The fourth-order valence-corrected chi connectivity index (χ4v) is 2.34. The highest BCUT2D eigenvalue weighted by molar-refractivity contribution is 6.05. The average Bonchev–Trinajstić information content (AvgIpc) is 2.76. The molecule has 170 valence electrons. The number of carbonyl (C=O) groups is 3. The van der Waals surface area contributed by atoms with Crippen molar-refractivity contribution in [3.05, 3.63) is 60.5 Å². The molecule has 0 unspecified atom stereocenters. The normalized spacial score (nSPS) is 16.5. The van der Waals surface area contributed by atoms with Gasteiger partial charge in [0.15, 0.2) is 5.84 Å². The van der Waals surface area contributed by atoms with Gasteiger partial charge in [0.1, 0.15) is 30.3 Å². The number of amidine groups is 1. The molecular formula is C22H26N4O6. The van der Waals surface area contributed by atoms with E-state index in [0.29, 0.717) is 10.8 Å². The van der Waals surface area contributed by atoms with Gasteiger partial charge in [-0.3, -0.25) is 30.1 Å². The molecule has 0 radical (unpaired) electrons. The molecule has 0 fully saturated rings. The first-order valence-electron chi connectivity index (χ1n) is 9.77. The predicted octanol–water partition coefficient (Wildman–Crippen LogP) is 2.67. The fourth-order valence-electron chi connectivity index (χ4n) is 2.34. The van der Waals surface area contributed by atoms with Gasteiger partial charge in [0, 0.05) is 24.3 Å². The molecule has 0 bridgehead atoms. The van der Waals surface area contributed by atoms with Crippen molar-refractivity contribution in [2.75, 3.05) is 13.2 Å². The maximum absolute atomic E-state index is 12.3. The van der Waals surface area contributed by atoms with Crippen LogP contribution in [-0.2, 0) is 19.2 Å². The molecule has 1 aliphatic rings. The maximum atomic E-state index is 12.3. The second-order valence-corrected chi connectivity index (χ2v) is 7.57. The van der Waals surface area contributed by atoms with Crippen molar-refractivity contribution < 1.29 is 28.7 Å². The number of carbonyl (C=O) groups excluding carboxylic acids is 3. The fraction of sp³-hybridized carbons (Fsp3) is 0.318. The number of imide groups is 1. The minimum absolute atomic E-state index is 0.00465. The molecule has 0 atom stereocenters. The first kappa shape index (κ1) is 24.5. The molecule has 0 spiro atoms. The summed E-state index contributed by atoms with van der Waals surface area (Å²) < 4.78 is 10.7. The van der Waals surface area contributed by atoms with Crippen molar-refractivity contribution in [1.82, 2.24) is 15.4 Å². The van der Waals surface area contributed by atoms with Crippen LogP contribution in [0, 0.1) is 5.41 Å². The van der Waals surface area contributed by atoms with Crippen LogP contribution in [-0.4, -0.2) is 52.6 Å². The van der Waals surface area contributed by atoms with Crippen LogP contribution in [0.15, 0.2) is 54.8 Å². The Bertz CT molecular complexity index is 961. The molecule has 3 amide bonds. The van der Waals surface area contributed by atoms with Crippen molar-refractivity contribution >= 4 is 23.7 Å². The number of ether oxygens (including phenoxy) is 2. The smallest absolute Gasteiger partial charge is 0.413 e. The number of nitrogens with one attached hydrogen (secondary N) is 2. The van der Waals surface area contributed by atoms with E-state index in [9.17, 15) is 14.4 Å². The van der Waals surface area contributed by atoms with Gasteiger partial charge >= 0.3 is 6.09 Å². The summed E-state index contributed by atoms with van der Waals surface area (Å²) in [6, 6.07) is 3.01. The molecule has 0 saturated heterocycles. The van der Waals surface area contributed by atoms with Crippen LogP contribution in [0.4, 0.5) is 4.79 Å². The number of rotatable bonds is 6. The third-order valence-corrected chi connectivity index (χ3v) is 3.71. The molecule has 1 aromatic heterocycles. The van der Waals surface area contributed by atoms with Gasteiger partial charge in [0.2, 0.25) is 0 Å². The molecule has 0 saturated carbocycles. The summed E-state index contributed by atoms with van der Waals surface area (Å²) in [5.74, 6) is -1.08. The summed E-state index contributed by atoms with van der Waals surface area (Å²) in [7, 11) is 0. The molecule has 0 aliphatic carbocycles. The van der Waals surface area contributed by atoms with E-state index in [-0.39, 0.29) is 36.7 Å². The zero-order valence-corrected chi connectivity index (χ0v) is 18.2. The number of alkyl carbamates (subject to hydrolysis) is 1. The number of allylic oxidation sites excluding steroid dienone is 2. The number of hydrogen-bond acceptors (Lipinski definition) is 8. The van der Waals surface area contributed by atoms with Crippen LogP contribution in [0.1, 0.15) is 32.9 Å². The van der Waals surface area contributed by atoms with Crippen LogP contribution >= 0.6 is 0 Å². The van der Waals surface area contributed by atoms with Crippen molar-refractivity contribution in [2.45, 2.75) is 32.8 Å². The quantitative estimate of drug-likeness (QED) is 0.228. The van der Waals surface area contributed by atoms with E-state index in [1.165, 1.54) is 18.3 Å². The Morgan fingerprint density at radius 3 is 2.75 bits per heavy atom. The SMILES string of the molecule is C=C1/C=C\C=C/CC(=O)N(OCCOc2ccnc(C(=N)NC(=O)OC(C)(C)C)c2)C1=O. The Balaban J connectivity index is 1.90. The topological polar surface area (TPSA) is 131 Å². The van der Waals surface area contributed by atoms with Gasteiger partial charge in [-0.2, -0.15) is 0 Å². The molecule has 0 aromatic carbocycles. The number of hydroxylamine groups is 2.